The number of hydrogen-bond acceptors (Lipinski definition) is 3. The van der Waals surface area contributed by atoms with Gasteiger partial charge in [-0.25, -0.2) is 0 Å². The SMILES string of the molecule is CCSC1CCC(NCC2CCOCC2)C1. The van der Waals surface area contributed by atoms with Crippen LogP contribution in [0.3, 0.4) is 0 Å². The third-order valence-corrected chi connectivity index (χ3v) is 5.06. The largest absolute Gasteiger partial charge is 0.381 e. The maximum Gasteiger partial charge on any atom is 0.0469 e. The molecule has 16 heavy (non-hydrogen) atoms. The monoisotopic (exact) mass is 243 g/mol. The van der Waals surface area contributed by atoms with E-state index in [0.717, 1.165) is 30.4 Å². The van der Waals surface area contributed by atoms with Crippen LogP contribution in [0.2, 0.25) is 0 Å². The number of hydrogen-bond donors (Lipinski definition) is 1. The molecule has 1 N–H and O–H groups in total. The zero-order valence-corrected chi connectivity index (χ0v) is 11.2. The fraction of sp³-hybridized carbons (Fsp3) is 1.00. The summed E-state index contributed by atoms with van der Waals surface area (Å²) < 4.78 is 5.39. The zero-order valence-electron chi connectivity index (χ0n) is 10.4. The highest BCUT2D eigenvalue weighted by Gasteiger charge is 2.25. The Balaban J connectivity index is 1.59. The highest BCUT2D eigenvalue weighted by atomic mass is 32.2. The molecule has 2 nitrogen and oxygen atoms in total. The second-order valence-corrected chi connectivity index (χ2v) is 6.63. The highest BCUT2D eigenvalue weighted by Crippen LogP contribution is 2.29. The second-order valence-electron chi connectivity index (χ2n) is 5.05. The molecular weight excluding hydrogens is 218 g/mol. The first-order chi connectivity index (χ1) is 7.88. The summed E-state index contributed by atoms with van der Waals surface area (Å²) >= 11 is 2.14. The van der Waals surface area contributed by atoms with E-state index in [1.165, 1.54) is 44.4 Å². The summed E-state index contributed by atoms with van der Waals surface area (Å²) in [6.45, 7) is 5.45. The molecule has 0 aromatic carbocycles. The van der Waals surface area contributed by atoms with Crippen LogP contribution in [-0.4, -0.2) is 36.8 Å². The third-order valence-electron chi connectivity index (χ3n) is 3.82. The topological polar surface area (TPSA) is 21.3 Å². The van der Waals surface area contributed by atoms with Gasteiger partial charge in [0.15, 0.2) is 0 Å². The molecule has 0 spiro atoms. The summed E-state index contributed by atoms with van der Waals surface area (Å²) in [5, 5.41) is 4.70. The van der Waals surface area contributed by atoms with Gasteiger partial charge in [0.1, 0.15) is 0 Å². The molecule has 1 heterocycles. The predicted molar refractivity (Wildman–Crippen MR) is 71.1 cm³/mol. The molecule has 0 aromatic rings. The van der Waals surface area contributed by atoms with Gasteiger partial charge in [0.25, 0.3) is 0 Å². The minimum Gasteiger partial charge on any atom is -0.381 e. The number of thioether (sulfide) groups is 1. The van der Waals surface area contributed by atoms with Crippen LogP contribution in [0.1, 0.15) is 39.0 Å². The van der Waals surface area contributed by atoms with Crippen LogP contribution in [-0.2, 0) is 4.74 Å². The van der Waals surface area contributed by atoms with E-state index in [4.69, 9.17) is 4.74 Å². The third kappa shape index (κ3) is 3.94. The van der Waals surface area contributed by atoms with Crippen molar-refractivity contribution < 1.29 is 4.74 Å². The van der Waals surface area contributed by atoms with Crippen molar-refractivity contribution in [1.82, 2.24) is 5.32 Å². The zero-order chi connectivity index (χ0) is 11.2. The molecular formula is C13H25NOS. The average molecular weight is 243 g/mol. The Morgan fingerprint density at radius 2 is 2.00 bits per heavy atom. The Bertz CT molecular complexity index is 194. The molecule has 2 atom stereocenters. The summed E-state index contributed by atoms with van der Waals surface area (Å²) in [6, 6.07) is 0.798. The molecule has 2 aliphatic rings. The predicted octanol–water partition coefficient (Wildman–Crippen LogP) is 2.68. The van der Waals surface area contributed by atoms with Crippen LogP contribution in [0.4, 0.5) is 0 Å². The van der Waals surface area contributed by atoms with E-state index >= 15 is 0 Å². The lowest BCUT2D eigenvalue weighted by atomic mass is 10.00. The lowest BCUT2D eigenvalue weighted by Crippen LogP contribution is -2.34. The van der Waals surface area contributed by atoms with E-state index in [1.54, 1.807) is 0 Å². The minimum absolute atomic E-state index is 0.798. The smallest absolute Gasteiger partial charge is 0.0469 e. The van der Waals surface area contributed by atoms with Crippen molar-refractivity contribution in [3.8, 4) is 0 Å². The van der Waals surface area contributed by atoms with Gasteiger partial charge in [-0.15, -0.1) is 0 Å². The van der Waals surface area contributed by atoms with E-state index in [1.807, 2.05) is 0 Å². The normalized spacial score (nSPS) is 32.1. The van der Waals surface area contributed by atoms with E-state index in [2.05, 4.69) is 24.0 Å². The molecule has 2 unspecified atom stereocenters. The quantitative estimate of drug-likeness (QED) is 0.802. The van der Waals surface area contributed by atoms with Gasteiger partial charge >= 0.3 is 0 Å². The Kier molecular flexibility index (Phi) is 5.46. The molecule has 2 rings (SSSR count). The highest BCUT2D eigenvalue weighted by molar-refractivity contribution is 7.99. The molecule has 0 bridgehead atoms. The van der Waals surface area contributed by atoms with Crippen LogP contribution in [0.25, 0.3) is 0 Å². The van der Waals surface area contributed by atoms with Crippen LogP contribution in [0.15, 0.2) is 0 Å². The van der Waals surface area contributed by atoms with Crippen LogP contribution < -0.4 is 5.32 Å². The van der Waals surface area contributed by atoms with Crippen molar-refractivity contribution in [2.24, 2.45) is 5.92 Å². The molecule has 1 aliphatic carbocycles. The molecule has 0 aromatic heterocycles. The minimum atomic E-state index is 0.798. The van der Waals surface area contributed by atoms with Crippen LogP contribution >= 0.6 is 11.8 Å². The average Bonchev–Trinajstić information content (AvgIpc) is 2.76. The van der Waals surface area contributed by atoms with E-state index in [0.29, 0.717) is 0 Å². The van der Waals surface area contributed by atoms with Crippen molar-refractivity contribution in [3.05, 3.63) is 0 Å². The van der Waals surface area contributed by atoms with E-state index in [9.17, 15) is 0 Å². The molecule has 3 heteroatoms. The Morgan fingerprint density at radius 3 is 2.75 bits per heavy atom. The van der Waals surface area contributed by atoms with Crippen molar-refractivity contribution in [3.63, 3.8) is 0 Å². The summed E-state index contributed by atoms with van der Waals surface area (Å²) in [5.74, 6) is 2.14. The van der Waals surface area contributed by atoms with Crippen LogP contribution in [0.5, 0.6) is 0 Å². The fourth-order valence-corrected chi connectivity index (χ4v) is 3.94. The van der Waals surface area contributed by atoms with Gasteiger partial charge in [0.2, 0.25) is 0 Å². The Labute approximate surface area is 104 Å². The van der Waals surface area contributed by atoms with Crippen molar-refractivity contribution in [1.29, 1.82) is 0 Å². The Morgan fingerprint density at radius 1 is 1.19 bits per heavy atom. The van der Waals surface area contributed by atoms with Gasteiger partial charge in [0.05, 0.1) is 0 Å². The van der Waals surface area contributed by atoms with Crippen molar-refractivity contribution in [2.45, 2.75) is 50.3 Å². The van der Waals surface area contributed by atoms with Crippen molar-refractivity contribution >= 4 is 11.8 Å². The summed E-state index contributed by atoms with van der Waals surface area (Å²) in [4.78, 5) is 0. The lowest BCUT2D eigenvalue weighted by molar-refractivity contribution is 0.0655. The molecule has 1 saturated carbocycles. The van der Waals surface area contributed by atoms with E-state index in [-0.39, 0.29) is 0 Å². The standard InChI is InChI=1S/C13H25NOS/c1-2-16-13-4-3-12(9-13)14-10-11-5-7-15-8-6-11/h11-14H,2-10H2,1H3. The van der Waals surface area contributed by atoms with Gasteiger partial charge < -0.3 is 10.1 Å². The van der Waals surface area contributed by atoms with Crippen molar-refractivity contribution in [2.75, 3.05) is 25.5 Å². The summed E-state index contributed by atoms with van der Waals surface area (Å²) in [6.07, 6.45) is 6.71. The first-order valence-electron chi connectivity index (χ1n) is 6.81. The first kappa shape index (κ1) is 12.7. The first-order valence-corrected chi connectivity index (χ1v) is 7.86. The molecule has 0 amide bonds. The lowest BCUT2D eigenvalue weighted by Gasteiger charge is -2.24. The van der Waals surface area contributed by atoms with Gasteiger partial charge in [0, 0.05) is 24.5 Å². The molecule has 94 valence electrons. The number of nitrogens with one attached hydrogen (secondary N) is 1. The summed E-state index contributed by atoms with van der Waals surface area (Å²) in [5.41, 5.74) is 0. The van der Waals surface area contributed by atoms with Gasteiger partial charge in [-0.1, -0.05) is 6.92 Å². The molecule has 1 aliphatic heterocycles. The Hall–Kier alpha value is 0.270. The molecule has 1 saturated heterocycles. The van der Waals surface area contributed by atoms with Gasteiger partial charge in [-0.2, -0.15) is 11.8 Å². The van der Waals surface area contributed by atoms with Gasteiger partial charge in [-0.05, 0) is 50.3 Å². The van der Waals surface area contributed by atoms with Crippen LogP contribution in [0, 0.1) is 5.92 Å². The number of rotatable bonds is 5. The maximum atomic E-state index is 5.39. The van der Waals surface area contributed by atoms with Gasteiger partial charge in [-0.3, -0.25) is 0 Å². The fourth-order valence-electron chi connectivity index (χ4n) is 2.80. The maximum absolute atomic E-state index is 5.39. The summed E-state index contributed by atoms with van der Waals surface area (Å²) in [7, 11) is 0. The molecule has 2 fully saturated rings. The number of ether oxygens (including phenoxy) is 1. The second kappa shape index (κ2) is 6.87. The van der Waals surface area contributed by atoms with E-state index < -0.39 is 0 Å². The molecule has 0 radical (unpaired) electrons.